The summed E-state index contributed by atoms with van der Waals surface area (Å²) in [4.78, 5) is 24.3. The van der Waals surface area contributed by atoms with Crippen molar-refractivity contribution in [2.24, 2.45) is 40.4 Å². The summed E-state index contributed by atoms with van der Waals surface area (Å²) in [5.74, 6) is -3.99. The summed E-state index contributed by atoms with van der Waals surface area (Å²) >= 11 is 0. The van der Waals surface area contributed by atoms with Gasteiger partial charge in [-0.2, -0.15) is 0 Å². The van der Waals surface area contributed by atoms with Gasteiger partial charge in [0, 0.05) is 23.2 Å². The normalized spacial score (nSPS) is 53.7. The number of ketones is 2. The number of carbonyl (C=O) groups excluding carboxylic acids is 2. The van der Waals surface area contributed by atoms with E-state index < -0.39 is 28.6 Å². The molecule has 4 fully saturated rings. The summed E-state index contributed by atoms with van der Waals surface area (Å²) in [6.45, 7) is 4.04. The van der Waals surface area contributed by atoms with Crippen molar-refractivity contribution >= 4 is 11.6 Å². The highest BCUT2D eigenvalue weighted by Gasteiger charge is 2.80. The Morgan fingerprint density at radius 1 is 1.12 bits per heavy atom. The number of Topliss-reactive ketones (excluding diaryl/α,β-unsaturated/α-hetero) is 1. The number of allylic oxidation sites excluding steroid dienone is 4. The highest BCUT2D eigenvalue weighted by molar-refractivity contribution is 6.01. The minimum Gasteiger partial charge on any atom is -0.299 e. The first kappa shape index (κ1) is 15.0. The number of carbonyl (C=O) groups is 2. The number of alkyl halides is 2. The van der Waals surface area contributed by atoms with Crippen molar-refractivity contribution in [3.63, 3.8) is 0 Å². The molecule has 128 valence electrons. The van der Waals surface area contributed by atoms with Crippen molar-refractivity contribution in [2.75, 3.05) is 0 Å². The molecule has 0 amide bonds. The fraction of sp³-hybridized carbons (Fsp3) is 0.700. The third-order valence-corrected chi connectivity index (χ3v) is 8.18. The average Bonchev–Trinajstić information content (AvgIpc) is 2.95. The van der Waals surface area contributed by atoms with Crippen LogP contribution in [0, 0.1) is 40.4 Å². The Balaban J connectivity index is 1.66. The van der Waals surface area contributed by atoms with E-state index in [1.54, 1.807) is 6.08 Å². The fourth-order valence-electron chi connectivity index (χ4n) is 6.87. The third-order valence-electron chi connectivity index (χ3n) is 8.18. The molecule has 0 saturated heterocycles. The quantitative estimate of drug-likeness (QED) is 0.673. The standard InChI is InChI=1S/C20H22F2O2/c1-18-7-5-10(23)9-13(18)16-17(20(16,21)22)15-11-3-4-14(24)19(11,2)8-6-12(15)18/h5,7,9,11-12,15-17H,3-4,6,8H2,1-2H3/t11-,12-,15-,16+,17-,18+,19-/m0/s1. The Kier molecular flexibility index (Phi) is 2.54. The minimum atomic E-state index is -2.72. The van der Waals surface area contributed by atoms with Crippen molar-refractivity contribution < 1.29 is 18.4 Å². The van der Waals surface area contributed by atoms with Crippen LogP contribution in [0.5, 0.6) is 0 Å². The summed E-state index contributed by atoms with van der Waals surface area (Å²) in [6, 6.07) is 0. The summed E-state index contributed by atoms with van der Waals surface area (Å²) < 4.78 is 29.5. The van der Waals surface area contributed by atoms with Gasteiger partial charge in [-0.3, -0.25) is 9.59 Å². The van der Waals surface area contributed by atoms with E-state index in [1.807, 2.05) is 19.9 Å². The molecule has 0 aromatic carbocycles. The van der Waals surface area contributed by atoms with Crippen LogP contribution in [-0.4, -0.2) is 17.5 Å². The van der Waals surface area contributed by atoms with E-state index in [1.165, 1.54) is 6.08 Å². The number of hydrogen-bond donors (Lipinski definition) is 0. The van der Waals surface area contributed by atoms with Crippen molar-refractivity contribution in [2.45, 2.75) is 45.5 Å². The van der Waals surface area contributed by atoms with Crippen molar-refractivity contribution in [1.82, 2.24) is 0 Å². The maximum absolute atomic E-state index is 14.8. The first-order valence-corrected chi connectivity index (χ1v) is 9.07. The first-order chi connectivity index (χ1) is 11.2. The molecule has 4 saturated carbocycles. The van der Waals surface area contributed by atoms with Gasteiger partial charge in [0.25, 0.3) is 5.92 Å². The molecule has 0 bridgehead atoms. The van der Waals surface area contributed by atoms with E-state index in [2.05, 4.69) is 0 Å². The van der Waals surface area contributed by atoms with Crippen molar-refractivity contribution in [3.8, 4) is 0 Å². The van der Waals surface area contributed by atoms with Gasteiger partial charge in [0.15, 0.2) is 5.78 Å². The van der Waals surface area contributed by atoms with Crippen LogP contribution in [0.4, 0.5) is 8.78 Å². The van der Waals surface area contributed by atoms with Crippen molar-refractivity contribution in [3.05, 3.63) is 23.8 Å². The lowest BCUT2D eigenvalue weighted by Gasteiger charge is -2.54. The molecule has 24 heavy (non-hydrogen) atoms. The van der Waals surface area contributed by atoms with Crippen LogP contribution in [0.25, 0.3) is 0 Å². The molecule has 2 nitrogen and oxygen atoms in total. The van der Waals surface area contributed by atoms with E-state index in [0.717, 1.165) is 19.3 Å². The maximum atomic E-state index is 14.8. The monoisotopic (exact) mass is 332 g/mol. The Labute approximate surface area is 140 Å². The van der Waals surface area contributed by atoms with Gasteiger partial charge in [0.05, 0.1) is 5.92 Å². The van der Waals surface area contributed by atoms with E-state index in [4.69, 9.17) is 0 Å². The zero-order valence-electron chi connectivity index (χ0n) is 14.0. The predicted octanol–water partition coefficient (Wildman–Crippen LogP) is 3.96. The van der Waals surface area contributed by atoms with Crippen LogP contribution in [-0.2, 0) is 9.59 Å². The summed E-state index contributed by atoms with van der Waals surface area (Å²) in [6.07, 6.45) is 7.80. The molecule has 0 heterocycles. The number of rotatable bonds is 0. The highest BCUT2D eigenvalue weighted by Crippen LogP contribution is 2.77. The zero-order valence-corrected chi connectivity index (χ0v) is 14.0. The molecular formula is C20H22F2O2. The average molecular weight is 332 g/mol. The van der Waals surface area contributed by atoms with Gasteiger partial charge in [-0.15, -0.1) is 0 Å². The minimum absolute atomic E-state index is 0.0778. The van der Waals surface area contributed by atoms with Gasteiger partial charge in [0.1, 0.15) is 5.78 Å². The molecule has 0 radical (unpaired) electrons. The Morgan fingerprint density at radius 2 is 1.88 bits per heavy atom. The Morgan fingerprint density at radius 3 is 2.62 bits per heavy atom. The second kappa shape index (κ2) is 4.08. The third kappa shape index (κ3) is 1.48. The summed E-state index contributed by atoms with van der Waals surface area (Å²) in [7, 11) is 0. The van der Waals surface area contributed by atoms with E-state index >= 15 is 0 Å². The van der Waals surface area contributed by atoms with Crippen LogP contribution >= 0.6 is 0 Å². The number of hydrogen-bond acceptors (Lipinski definition) is 2. The van der Waals surface area contributed by atoms with Gasteiger partial charge < -0.3 is 0 Å². The smallest absolute Gasteiger partial charge is 0.258 e. The second-order valence-corrected chi connectivity index (χ2v) is 9.00. The van der Waals surface area contributed by atoms with E-state index in [-0.39, 0.29) is 29.3 Å². The maximum Gasteiger partial charge on any atom is 0.258 e. The lowest BCUT2D eigenvalue weighted by atomic mass is 9.48. The zero-order chi connectivity index (χ0) is 17.1. The second-order valence-electron chi connectivity index (χ2n) is 9.00. The topological polar surface area (TPSA) is 34.1 Å². The summed E-state index contributed by atoms with van der Waals surface area (Å²) in [5, 5.41) is 0. The molecule has 5 rings (SSSR count). The number of halogens is 2. The Bertz CT molecular complexity index is 736. The van der Waals surface area contributed by atoms with E-state index in [9.17, 15) is 18.4 Å². The molecule has 4 heteroatoms. The Hall–Kier alpha value is -1.32. The fourth-order valence-corrected chi connectivity index (χ4v) is 6.87. The van der Waals surface area contributed by atoms with Crippen LogP contribution in [0.3, 0.4) is 0 Å². The van der Waals surface area contributed by atoms with Crippen LogP contribution in [0.2, 0.25) is 0 Å². The van der Waals surface area contributed by atoms with Gasteiger partial charge >= 0.3 is 0 Å². The van der Waals surface area contributed by atoms with Gasteiger partial charge in [0.2, 0.25) is 0 Å². The van der Waals surface area contributed by atoms with Crippen LogP contribution in [0.1, 0.15) is 39.5 Å². The van der Waals surface area contributed by atoms with Crippen LogP contribution < -0.4 is 0 Å². The summed E-state index contributed by atoms with van der Waals surface area (Å²) in [5.41, 5.74) is -0.206. The van der Waals surface area contributed by atoms with Gasteiger partial charge in [-0.25, -0.2) is 8.78 Å². The molecule has 0 aromatic heterocycles. The molecule has 0 unspecified atom stereocenters. The SMILES string of the molecule is C[C@]12C=CC(=O)C=C1[C@@H]1[C@H]([C@@H]3[C@@H]2CC[C@]2(C)C(=O)CC[C@@H]32)C1(F)F. The number of fused-ring (bicyclic) bond motifs is 8. The first-order valence-electron chi connectivity index (χ1n) is 9.07. The lowest BCUT2D eigenvalue weighted by molar-refractivity contribution is -0.132. The molecule has 0 aromatic rings. The van der Waals surface area contributed by atoms with Crippen molar-refractivity contribution in [1.29, 1.82) is 0 Å². The molecule has 0 spiro atoms. The van der Waals surface area contributed by atoms with E-state index in [0.29, 0.717) is 12.0 Å². The predicted molar refractivity (Wildman–Crippen MR) is 84.3 cm³/mol. The molecule has 0 aliphatic heterocycles. The molecule has 7 atom stereocenters. The molecule has 5 aliphatic rings. The largest absolute Gasteiger partial charge is 0.299 e. The molecule has 5 aliphatic carbocycles. The molecular weight excluding hydrogens is 310 g/mol. The van der Waals surface area contributed by atoms with Gasteiger partial charge in [-0.1, -0.05) is 19.9 Å². The highest BCUT2D eigenvalue weighted by atomic mass is 19.3. The lowest BCUT2D eigenvalue weighted by Crippen LogP contribution is -2.50. The van der Waals surface area contributed by atoms with Gasteiger partial charge in [-0.05, 0) is 54.7 Å². The molecule has 0 N–H and O–H groups in total. The van der Waals surface area contributed by atoms with Crippen LogP contribution in [0.15, 0.2) is 23.8 Å².